The monoisotopic (exact) mass is 427 g/mol. The van der Waals surface area contributed by atoms with Gasteiger partial charge in [0.1, 0.15) is 17.7 Å². The number of amides is 1. The van der Waals surface area contributed by atoms with Gasteiger partial charge in [0.15, 0.2) is 0 Å². The summed E-state index contributed by atoms with van der Waals surface area (Å²) in [5.74, 6) is -0.726. The van der Waals surface area contributed by atoms with Crippen molar-refractivity contribution >= 4 is 21.7 Å². The third-order valence-corrected chi connectivity index (χ3v) is 6.28. The van der Waals surface area contributed by atoms with E-state index in [1.807, 2.05) is 0 Å². The second-order valence-corrected chi connectivity index (χ2v) is 8.45. The van der Waals surface area contributed by atoms with Crippen LogP contribution in [0.3, 0.4) is 0 Å². The molecule has 1 atom stereocenters. The maximum Gasteiger partial charge on any atom is 0.241 e. The summed E-state index contributed by atoms with van der Waals surface area (Å²) in [6, 6.07) is 9.76. The zero-order chi connectivity index (χ0) is 21.3. The Labute approximate surface area is 172 Å². The molecule has 0 unspecified atom stereocenters. The number of nitrogens with two attached hydrogens (primary N) is 1. The molecule has 1 aliphatic rings. The van der Waals surface area contributed by atoms with Crippen molar-refractivity contribution in [3.05, 3.63) is 60.7 Å². The third kappa shape index (κ3) is 3.87. The van der Waals surface area contributed by atoms with Crippen molar-refractivity contribution < 1.29 is 17.6 Å². The number of nitrogen functional groups attached to an aromatic ring is 1. The fraction of sp³-hybridized carbons (Fsp3) is 0.150. The van der Waals surface area contributed by atoms with Gasteiger partial charge in [0.2, 0.25) is 15.9 Å². The average molecular weight is 427 g/mol. The first-order valence-electron chi connectivity index (χ1n) is 9.12. The molecule has 1 fully saturated rings. The van der Waals surface area contributed by atoms with E-state index in [-0.39, 0.29) is 22.2 Å². The highest BCUT2D eigenvalue weighted by Crippen LogP contribution is 2.31. The number of halogens is 1. The predicted octanol–water partition coefficient (Wildman–Crippen LogP) is 1.70. The molecule has 0 saturated carbocycles. The number of nitrogens with one attached hydrogen (secondary N) is 2. The second-order valence-electron chi connectivity index (χ2n) is 6.77. The quantitative estimate of drug-likeness (QED) is 0.569. The number of carbonyl (C=O) groups is 1. The number of nitrogens with zero attached hydrogens (tertiary/aromatic N) is 2. The fourth-order valence-corrected chi connectivity index (χ4v) is 4.72. The molecule has 0 bridgehead atoms. The molecule has 4 rings (SSSR count). The van der Waals surface area contributed by atoms with Crippen molar-refractivity contribution in [2.75, 3.05) is 12.3 Å². The Hall–Kier alpha value is -3.37. The normalized spacial score (nSPS) is 16.4. The zero-order valence-electron chi connectivity index (χ0n) is 15.7. The van der Waals surface area contributed by atoms with Gasteiger partial charge >= 0.3 is 0 Å². The molecular weight excluding hydrogens is 409 g/mol. The molecule has 1 amide bonds. The van der Waals surface area contributed by atoms with Gasteiger partial charge in [-0.25, -0.2) is 17.8 Å². The van der Waals surface area contributed by atoms with E-state index in [9.17, 15) is 17.6 Å². The lowest BCUT2D eigenvalue weighted by atomic mass is 10.0. The summed E-state index contributed by atoms with van der Waals surface area (Å²) in [7, 11) is -4.00. The highest BCUT2D eigenvalue weighted by molar-refractivity contribution is 7.89. The first-order chi connectivity index (χ1) is 14.3. The summed E-state index contributed by atoms with van der Waals surface area (Å²) in [5.41, 5.74) is 6.72. The van der Waals surface area contributed by atoms with E-state index in [0.29, 0.717) is 29.8 Å². The Morgan fingerprint density at radius 1 is 1.10 bits per heavy atom. The molecule has 1 saturated heterocycles. The number of carbonyl (C=O) groups excluding carboxylic acids is 1. The van der Waals surface area contributed by atoms with Crippen LogP contribution in [0.5, 0.6) is 0 Å². The van der Waals surface area contributed by atoms with Crippen LogP contribution in [-0.2, 0) is 14.8 Å². The maximum absolute atomic E-state index is 14.8. The van der Waals surface area contributed by atoms with Crippen molar-refractivity contribution in [3.8, 4) is 22.4 Å². The van der Waals surface area contributed by atoms with Crippen LogP contribution in [0.2, 0.25) is 0 Å². The SMILES string of the molecule is Nc1cnc(-c2ccc(-c3ccccc3S(=O)(=O)N[C@H]3CCNC3=O)cc2F)cn1. The van der Waals surface area contributed by atoms with Crippen LogP contribution in [0.1, 0.15) is 6.42 Å². The van der Waals surface area contributed by atoms with E-state index in [1.165, 1.54) is 30.6 Å². The maximum atomic E-state index is 14.8. The Kier molecular flexibility index (Phi) is 5.18. The van der Waals surface area contributed by atoms with Crippen molar-refractivity contribution in [2.45, 2.75) is 17.4 Å². The summed E-state index contributed by atoms with van der Waals surface area (Å²) in [5, 5.41) is 2.59. The summed E-state index contributed by atoms with van der Waals surface area (Å²) in [6.45, 7) is 0.411. The molecule has 1 aromatic heterocycles. The number of anilines is 1. The molecule has 0 radical (unpaired) electrons. The molecule has 3 aromatic rings. The fourth-order valence-electron chi connectivity index (χ4n) is 3.26. The van der Waals surface area contributed by atoms with Crippen molar-refractivity contribution in [2.24, 2.45) is 0 Å². The minimum absolute atomic E-state index is 0.0378. The van der Waals surface area contributed by atoms with Gasteiger partial charge < -0.3 is 11.1 Å². The standard InChI is InChI=1S/C20H18FN5O3S/c21-15-9-12(5-6-14(15)17-10-25-19(22)11-24-17)13-3-1-2-4-18(13)30(28,29)26-16-7-8-23-20(16)27/h1-6,9-11,16,26H,7-8H2,(H2,22,25)(H,23,27)/t16-/m0/s1. The predicted molar refractivity (Wildman–Crippen MR) is 109 cm³/mol. The van der Waals surface area contributed by atoms with Crippen LogP contribution in [0, 0.1) is 5.82 Å². The lowest BCUT2D eigenvalue weighted by Crippen LogP contribution is -2.40. The molecule has 10 heteroatoms. The molecule has 2 heterocycles. The Bertz CT molecular complexity index is 1220. The first-order valence-corrected chi connectivity index (χ1v) is 10.6. The lowest BCUT2D eigenvalue weighted by Gasteiger charge is -2.15. The van der Waals surface area contributed by atoms with Crippen molar-refractivity contribution in [1.82, 2.24) is 20.0 Å². The topological polar surface area (TPSA) is 127 Å². The molecule has 8 nitrogen and oxygen atoms in total. The van der Waals surface area contributed by atoms with Crippen LogP contribution < -0.4 is 15.8 Å². The van der Waals surface area contributed by atoms with Gasteiger partial charge in [-0.2, -0.15) is 4.72 Å². The van der Waals surface area contributed by atoms with Crippen molar-refractivity contribution in [1.29, 1.82) is 0 Å². The summed E-state index contributed by atoms with van der Waals surface area (Å²) < 4.78 is 43.1. The average Bonchev–Trinajstić information content (AvgIpc) is 3.12. The number of hydrogen-bond donors (Lipinski definition) is 3. The van der Waals surface area contributed by atoms with Crippen molar-refractivity contribution in [3.63, 3.8) is 0 Å². The van der Waals surface area contributed by atoms with Crippen LogP contribution in [0.4, 0.5) is 10.2 Å². The first kappa shape index (κ1) is 19.9. The number of rotatable bonds is 5. The lowest BCUT2D eigenvalue weighted by molar-refractivity contribution is -0.120. The Morgan fingerprint density at radius 3 is 2.57 bits per heavy atom. The van der Waals surface area contributed by atoms with E-state index < -0.39 is 21.9 Å². The van der Waals surface area contributed by atoms with E-state index in [0.717, 1.165) is 0 Å². The molecule has 4 N–H and O–H groups in total. The van der Waals surface area contributed by atoms with Gasteiger partial charge in [-0.3, -0.25) is 9.78 Å². The van der Waals surface area contributed by atoms with Crippen LogP contribution >= 0.6 is 0 Å². The Morgan fingerprint density at radius 2 is 1.90 bits per heavy atom. The molecule has 0 aliphatic carbocycles. The molecule has 1 aliphatic heterocycles. The minimum atomic E-state index is -4.00. The minimum Gasteiger partial charge on any atom is -0.382 e. The van der Waals surface area contributed by atoms with E-state index >= 15 is 0 Å². The van der Waals surface area contributed by atoms with Gasteiger partial charge in [-0.05, 0) is 30.2 Å². The third-order valence-electron chi connectivity index (χ3n) is 4.75. The van der Waals surface area contributed by atoms with Crippen LogP contribution in [0.25, 0.3) is 22.4 Å². The number of sulfonamides is 1. The zero-order valence-corrected chi connectivity index (χ0v) is 16.5. The smallest absolute Gasteiger partial charge is 0.241 e. The summed E-state index contributed by atoms with van der Waals surface area (Å²) in [6.07, 6.45) is 3.06. The van der Waals surface area contributed by atoms with Gasteiger partial charge in [-0.15, -0.1) is 0 Å². The van der Waals surface area contributed by atoms with Crippen LogP contribution in [0.15, 0.2) is 59.8 Å². The van der Waals surface area contributed by atoms with Gasteiger partial charge in [0.05, 0.1) is 23.0 Å². The highest BCUT2D eigenvalue weighted by Gasteiger charge is 2.30. The summed E-state index contributed by atoms with van der Waals surface area (Å²) in [4.78, 5) is 19.7. The summed E-state index contributed by atoms with van der Waals surface area (Å²) >= 11 is 0. The number of hydrogen-bond acceptors (Lipinski definition) is 6. The molecule has 154 valence electrons. The number of aromatic nitrogens is 2. The molecule has 0 spiro atoms. The highest BCUT2D eigenvalue weighted by atomic mass is 32.2. The van der Waals surface area contributed by atoms with Gasteiger partial charge in [-0.1, -0.05) is 24.3 Å². The van der Waals surface area contributed by atoms with E-state index in [4.69, 9.17) is 5.73 Å². The largest absolute Gasteiger partial charge is 0.382 e. The van der Waals surface area contributed by atoms with E-state index in [1.54, 1.807) is 24.3 Å². The van der Waals surface area contributed by atoms with Crippen LogP contribution in [-0.4, -0.2) is 36.9 Å². The van der Waals surface area contributed by atoms with E-state index in [2.05, 4.69) is 20.0 Å². The Balaban J connectivity index is 1.71. The van der Waals surface area contributed by atoms with Gasteiger partial charge in [0, 0.05) is 17.7 Å². The molecular formula is C20H18FN5O3S. The second kappa shape index (κ2) is 7.81. The molecule has 30 heavy (non-hydrogen) atoms. The van der Waals surface area contributed by atoms with Gasteiger partial charge in [0.25, 0.3) is 0 Å². The molecule has 2 aromatic carbocycles. The number of benzene rings is 2.